The molecule has 0 aliphatic carbocycles. The number of nitro groups is 1. The van der Waals surface area contributed by atoms with Crippen LogP contribution in [0.4, 0.5) is 11.5 Å². The van der Waals surface area contributed by atoms with Gasteiger partial charge in [-0.1, -0.05) is 0 Å². The minimum Gasteiger partial charge on any atom is -0.351 e. The molecule has 3 rings (SSSR count). The van der Waals surface area contributed by atoms with Crippen molar-refractivity contribution >= 4 is 11.5 Å². The Bertz CT molecular complexity index is 558. The number of hydrogen-bond donors (Lipinski definition) is 1. The quantitative estimate of drug-likeness (QED) is 0.658. The average molecular weight is 276 g/mol. The van der Waals surface area contributed by atoms with Crippen LogP contribution in [0.3, 0.4) is 0 Å². The van der Waals surface area contributed by atoms with Crippen molar-refractivity contribution in [3.8, 4) is 0 Å². The lowest BCUT2D eigenvalue weighted by Gasteiger charge is -2.36. The standard InChI is InChI=1S/C14H20N4O2/c1-9-12(18(19)20)4-5-13(16-9)17-8-10-6-15-7-11(10)14(17,2)3/h4-5,10-11,15H,6-8H2,1-3H3. The third-order valence-electron chi connectivity index (χ3n) is 4.88. The van der Waals surface area contributed by atoms with Gasteiger partial charge in [0.15, 0.2) is 0 Å². The van der Waals surface area contributed by atoms with E-state index in [9.17, 15) is 10.1 Å². The number of nitrogens with one attached hydrogen (secondary N) is 1. The zero-order chi connectivity index (χ0) is 14.5. The van der Waals surface area contributed by atoms with Crippen LogP contribution in [0.1, 0.15) is 19.5 Å². The summed E-state index contributed by atoms with van der Waals surface area (Å²) in [5.41, 5.74) is 0.607. The van der Waals surface area contributed by atoms with E-state index in [1.807, 2.05) is 0 Å². The fourth-order valence-corrected chi connectivity index (χ4v) is 3.69. The summed E-state index contributed by atoms with van der Waals surface area (Å²) in [5, 5.41) is 14.3. The zero-order valence-electron chi connectivity index (χ0n) is 12.1. The number of hydrogen-bond acceptors (Lipinski definition) is 5. The second kappa shape index (κ2) is 4.41. The molecular weight excluding hydrogens is 256 g/mol. The van der Waals surface area contributed by atoms with E-state index in [0.717, 1.165) is 25.5 Å². The summed E-state index contributed by atoms with van der Waals surface area (Å²) in [6.07, 6.45) is 0. The fraction of sp³-hybridized carbons (Fsp3) is 0.643. The predicted molar refractivity (Wildman–Crippen MR) is 76.9 cm³/mol. The van der Waals surface area contributed by atoms with Crippen LogP contribution in [0.25, 0.3) is 0 Å². The van der Waals surface area contributed by atoms with Crippen LogP contribution in [0.2, 0.25) is 0 Å². The summed E-state index contributed by atoms with van der Waals surface area (Å²) >= 11 is 0. The second-order valence-corrected chi connectivity index (χ2v) is 6.32. The van der Waals surface area contributed by atoms with Gasteiger partial charge in [-0.05, 0) is 38.7 Å². The first-order chi connectivity index (χ1) is 9.41. The first-order valence-electron chi connectivity index (χ1n) is 7.01. The van der Waals surface area contributed by atoms with Crippen LogP contribution >= 0.6 is 0 Å². The Hall–Kier alpha value is -1.69. The van der Waals surface area contributed by atoms with Crippen LogP contribution in [0.15, 0.2) is 12.1 Å². The molecule has 2 aliphatic heterocycles. The molecular formula is C14H20N4O2. The average Bonchev–Trinajstić information content (AvgIpc) is 2.91. The number of aryl methyl sites for hydroxylation is 1. The molecule has 20 heavy (non-hydrogen) atoms. The molecule has 6 heteroatoms. The summed E-state index contributed by atoms with van der Waals surface area (Å²) in [5.74, 6) is 2.11. The summed E-state index contributed by atoms with van der Waals surface area (Å²) < 4.78 is 0. The molecule has 2 aliphatic rings. The van der Waals surface area contributed by atoms with E-state index in [1.54, 1.807) is 19.1 Å². The molecule has 0 amide bonds. The van der Waals surface area contributed by atoms with Crippen molar-refractivity contribution in [2.45, 2.75) is 26.3 Å². The molecule has 1 N–H and O–H groups in total. The first kappa shape index (κ1) is 13.3. The molecule has 2 atom stereocenters. The van der Waals surface area contributed by atoms with Gasteiger partial charge in [0.25, 0.3) is 5.69 Å². The van der Waals surface area contributed by atoms with Crippen molar-refractivity contribution in [1.29, 1.82) is 0 Å². The van der Waals surface area contributed by atoms with E-state index in [4.69, 9.17) is 0 Å². The van der Waals surface area contributed by atoms with E-state index in [2.05, 4.69) is 29.0 Å². The van der Waals surface area contributed by atoms with Crippen molar-refractivity contribution in [2.24, 2.45) is 11.8 Å². The maximum Gasteiger partial charge on any atom is 0.290 e. The third kappa shape index (κ3) is 1.86. The number of rotatable bonds is 2. The van der Waals surface area contributed by atoms with Gasteiger partial charge in [0.2, 0.25) is 0 Å². The summed E-state index contributed by atoms with van der Waals surface area (Å²) in [4.78, 5) is 17.3. The highest BCUT2D eigenvalue weighted by atomic mass is 16.6. The zero-order valence-corrected chi connectivity index (χ0v) is 12.1. The molecule has 1 aromatic heterocycles. The summed E-state index contributed by atoms with van der Waals surface area (Å²) in [6.45, 7) is 9.24. The van der Waals surface area contributed by atoms with Crippen molar-refractivity contribution in [3.63, 3.8) is 0 Å². The Labute approximate surface area is 118 Å². The first-order valence-corrected chi connectivity index (χ1v) is 7.01. The van der Waals surface area contributed by atoms with Gasteiger partial charge in [0.05, 0.1) is 4.92 Å². The molecule has 0 spiro atoms. The van der Waals surface area contributed by atoms with Gasteiger partial charge >= 0.3 is 0 Å². The predicted octanol–water partition coefficient (Wildman–Crippen LogP) is 1.73. The van der Waals surface area contributed by atoms with E-state index in [1.165, 1.54) is 0 Å². The largest absolute Gasteiger partial charge is 0.351 e. The maximum absolute atomic E-state index is 10.9. The summed E-state index contributed by atoms with van der Waals surface area (Å²) in [6, 6.07) is 3.35. The Kier molecular flexibility index (Phi) is 2.93. The van der Waals surface area contributed by atoms with Gasteiger partial charge in [-0.2, -0.15) is 0 Å². The van der Waals surface area contributed by atoms with Crippen molar-refractivity contribution < 1.29 is 4.92 Å². The van der Waals surface area contributed by atoms with Gasteiger partial charge in [-0.15, -0.1) is 0 Å². The van der Waals surface area contributed by atoms with Gasteiger partial charge in [-0.25, -0.2) is 4.98 Å². The Morgan fingerprint density at radius 2 is 2.20 bits per heavy atom. The molecule has 3 heterocycles. The molecule has 1 aromatic rings. The lowest BCUT2D eigenvalue weighted by molar-refractivity contribution is -0.385. The van der Waals surface area contributed by atoms with Gasteiger partial charge in [-0.3, -0.25) is 10.1 Å². The highest BCUT2D eigenvalue weighted by Crippen LogP contribution is 2.42. The normalized spacial score (nSPS) is 27.6. The number of fused-ring (bicyclic) bond motifs is 1. The molecule has 6 nitrogen and oxygen atoms in total. The number of anilines is 1. The SMILES string of the molecule is Cc1nc(N2CC3CNCC3C2(C)C)ccc1[N+](=O)[O-]. The van der Waals surface area contributed by atoms with Crippen LogP contribution in [-0.2, 0) is 0 Å². The fourth-order valence-electron chi connectivity index (χ4n) is 3.69. The number of pyridine rings is 1. The minimum atomic E-state index is -0.375. The minimum absolute atomic E-state index is 0.0315. The van der Waals surface area contributed by atoms with Crippen LogP contribution in [0, 0.1) is 28.9 Å². The van der Waals surface area contributed by atoms with Crippen LogP contribution in [-0.4, -0.2) is 35.1 Å². The molecule has 2 unspecified atom stereocenters. The Morgan fingerprint density at radius 3 is 2.80 bits per heavy atom. The lowest BCUT2D eigenvalue weighted by Crippen LogP contribution is -2.45. The monoisotopic (exact) mass is 276 g/mol. The van der Waals surface area contributed by atoms with Crippen LogP contribution < -0.4 is 10.2 Å². The van der Waals surface area contributed by atoms with E-state index in [0.29, 0.717) is 17.5 Å². The van der Waals surface area contributed by atoms with Crippen molar-refractivity contribution in [2.75, 3.05) is 24.5 Å². The summed E-state index contributed by atoms with van der Waals surface area (Å²) in [7, 11) is 0. The maximum atomic E-state index is 10.9. The molecule has 108 valence electrons. The van der Waals surface area contributed by atoms with Crippen molar-refractivity contribution in [1.82, 2.24) is 10.3 Å². The third-order valence-corrected chi connectivity index (χ3v) is 4.88. The Balaban J connectivity index is 1.94. The van der Waals surface area contributed by atoms with E-state index in [-0.39, 0.29) is 16.1 Å². The molecule has 0 radical (unpaired) electrons. The number of nitrogens with zero attached hydrogens (tertiary/aromatic N) is 3. The molecule has 0 saturated carbocycles. The van der Waals surface area contributed by atoms with Gasteiger partial charge in [0.1, 0.15) is 11.5 Å². The van der Waals surface area contributed by atoms with Gasteiger partial charge in [0, 0.05) is 31.2 Å². The smallest absolute Gasteiger partial charge is 0.290 e. The van der Waals surface area contributed by atoms with E-state index < -0.39 is 0 Å². The van der Waals surface area contributed by atoms with Crippen LogP contribution in [0.5, 0.6) is 0 Å². The number of aromatic nitrogens is 1. The highest BCUT2D eigenvalue weighted by molar-refractivity contribution is 5.50. The van der Waals surface area contributed by atoms with E-state index >= 15 is 0 Å². The molecule has 0 bridgehead atoms. The second-order valence-electron chi connectivity index (χ2n) is 6.32. The highest BCUT2D eigenvalue weighted by Gasteiger charge is 2.50. The van der Waals surface area contributed by atoms with Gasteiger partial charge < -0.3 is 10.2 Å². The van der Waals surface area contributed by atoms with Crippen molar-refractivity contribution in [3.05, 3.63) is 27.9 Å². The Morgan fingerprint density at radius 1 is 1.45 bits per heavy atom. The molecule has 2 saturated heterocycles. The lowest BCUT2D eigenvalue weighted by atomic mass is 9.85. The molecule has 0 aromatic carbocycles. The topological polar surface area (TPSA) is 71.3 Å². The molecule has 2 fully saturated rings.